The van der Waals surface area contributed by atoms with E-state index < -0.39 is 0 Å². The molecule has 0 aromatic heterocycles. The molecule has 0 bridgehead atoms. The fourth-order valence-corrected chi connectivity index (χ4v) is 6.27. The molecule has 18 heavy (non-hydrogen) atoms. The lowest BCUT2D eigenvalue weighted by atomic mass is 9.80. The monoisotopic (exact) mass is 292 g/mol. The number of rotatable bonds is 5. The van der Waals surface area contributed by atoms with E-state index in [1.54, 1.807) is 0 Å². The highest BCUT2D eigenvalue weighted by Gasteiger charge is 2.31. The molecule has 0 unspecified atom stereocenters. The Balaban J connectivity index is 1.68. The van der Waals surface area contributed by atoms with Crippen molar-refractivity contribution in [1.82, 2.24) is 0 Å². The van der Waals surface area contributed by atoms with Crippen LogP contribution in [0.15, 0.2) is 0 Å². The highest BCUT2D eigenvalue weighted by Crippen LogP contribution is 2.42. The molecule has 0 amide bonds. The van der Waals surface area contributed by atoms with Crippen LogP contribution in [-0.2, 0) is 4.74 Å². The molecule has 1 aliphatic heterocycles. The molecule has 1 aliphatic carbocycles. The van der Waals surface area contributed by atoms with E-state index in [0.29, 0.717) is 10.7 Å². The highest BCUT2D eigenvalue weighted by atomic mass is 32.2. The number of halogens is 1. The van der Waals surface area contributed by atoms with E-state index in [-0.39, 0.29) is 6.67 Å². The normalized spacial score (nSPS) is 37.7. The second-order valence-electron chi connectivity index (χ2n) is 5.33. The first kappa shape index (κ1) is 15.0. The summed E-state index contributed by atoms with van der Waals surface area (Å²) < 4.78 is 18.5. The van der Waals surface area contributed by atoms with Crippen LogP contribution in [0.25, 0.3) is 0 Å². The average molecular weight is 292 g/mol. The maximum Gasteiger partial charge on any atom is 0.0913 e. The van der Waals surface area contributed by atoms with Crippen molar-refractivity contribution in [2.75, 3.05) is 24.8 Å². The summed E-state index contributed by atoms with van der Waals surface area (Å²) in [6.45, 7) is 2.79. The Morgan fingerprint density at radius 1 is 1.06 bits per heavy atom. The maximum atomic E-state index is 12.3. The molecular weight excluding hydrogens is 267 g/mol. The Morgan fingerprint density at radius 3 is 2.28 bits per heavy atom. The third-order valence-corrected chi connectivity index (χ3v) is 7.40. The van der Waals surface area contributed by atoms with Gasteiger partial charge in [0.15, 0.2) is 0 Å². The number of hydrogen-bond acceptors (Lipinski definition) is 3. The van der Waals surface area contributed by atoms with E-state index in [4.69, 9.17) is 4.74 Å². The van der Waals surface area contributed by atoms with Crippen LogP contribution in [0.4, 0.5) is 4.39 Å². The van der Waals surface area contributed by atoms with Crippen molar-refractivity contribution in [2.45, 2.75) is 49.7 Å². The molecule has 1 saturated carbocycles. The summed E-state index contributed by atoms with van der Waals surface area (Å²) in [7, 11) is 0. The zero-order valence-corrected chi connectivity index (χ0v) is 12.9. The van der Waals surface area contributed by atoms with E-state index in [1.807, 2.05) is 23.5 Å². The minimum Gasteiger partial charge on any atom is -0.379 e. The van der Waals surface area contributed by atoms with Gasteiger partial charge in [0.25, 0.3) is 0 Å². The predicted octanol–water partition coefficient (Wildman–Crippen LogP) is 4.36. The van der Waals surface area contributed by atoms with Gasteiger partial charge in [0.05, 0.1) is 17.4 Å². The lowest BCUT2D eigenvalue weighted by Gasteiger charge is -2.37. The van der Waals surface area contributed by atoms with Crippen molar-refractivity contribution in [1.29, 1.82) is 0 Å². The highest BCUT2D eigenvalue weighted by molar-refractivity contribution is 8.17. The third kappa shape index (κ3) is 4.31. The summed E-state index contributed by atoms with van der Waals surface area (Å²) in [6, 6.07) is 0. The van der Waals surface area contributed by atoms with Gasteiger partial charge in [0.2, 0.25) is 0 Å². The molecule has 0 aromatic carbocycles. The van der Waals surface area contributed by atoms with E-state index >= 15 is 0 Å². The van der Waals surface area contributed by atoms with Gasteiger partial charge in [-0.15, -0.1) is 23.5 Å². The Labute approximate surface area is 119 Å². The van der Waals surface area contributed by atoms with Crippen molar-refractivity contribution in [3.63, 3.8) is 0 Å². The maximum absolute atomic E-state index is 12.3. The van der Waals surface area contributed by atoms with Gasteiger partial charge >= 0.3 is 0 Å². The molecule has 0 atom stereocenters. The molecule has 0 N–H and O–H groups in total. The van der Waals surface area contributed by atoms with Crippen molar-refractivity contribution in [3.05, 3.63) is 0 Å². The topological polar surface area (TPSA) is 9.23 Å². The first-order chi connectivity index (χ1) is 8.83. The van der Waals surface area contributed by atoms with Crippen LogP contribution in [-0.4, -0.2) is 35.5 Å². The molecule has 0 aromatic rings. The van der Waals surface area contributed by atoms with Crippen LogP contribution >= 0.6 is 23.5 Å². The number of ether oxygens (including phenoxy) is 1. The van der Waals surface area contributed by atoms with Crippen molar-refractivity contribution in [3.8, 4) is 0 Å². The molecule has 0 spiro atoms. The molecule has 4 heteroatoms. The lowest BCUT2D eigenvalue weighted by Crippen LogP contribution is -2.31. The SMILES string of the molecule is CCOC1CCC(C2CSC(CCF)SC2)CC1. The van der Waals surface area contributed by atoms with Gasteiger partial charge in [0.1, 0.15) is 0 Å². The van der Waals surface area contributed by atoms with Crippen molar-refractivity contribution >= 4 is 23.5 Å². The Hall–Kier alpha value is 0.590. The zero-order valence-electron chi connectivity index (χ0n) is 11.3. The largest absolute Gasteiger partial charge is 0.379 e. The minimum atomic E-state index is -0.158. The molecular formula is C14H25FOS2. The number of alkyl halides is 1. The van der Waals surface area contributed by atoms with Gasteiger partial charge in [-0.3, -0.25) is 4.39 Å². The average Bonchev–Trinajstić information content (AvgIpc) is 2.41. The Bertz CT molecular complexity index is 200. The number of thioether (sulfide) groups is 2. The van der Waals surface area contributed by atoms with Crippen LogP contribution < -0.4 is 0 Å². The van der Waals surface area contributed by atoms with Gasteiger partial charge in [-0.2, -0.15) is 0 Å². The zero-order chi connectivity index (χ0) is 12.8. The van der Waals surface area contributed by atoms with E-state index in [9.17, 15) is 4.39 Å². The Morgan fingerprint density at radius 2 is 1.72 bits per heavy atom. The third-order valence-electron chi connectivity index (χ3n) is 4.13. The van der Waals surface area contributed by atoms with Crippen LogP contribution in [0.1, 0.15) is 39.0 Å². The van der Waals surface area contributed by atoms with Crippen molar-refractivity contribution < 1.29 is 9.13 Å². The van der Waals surface area contributed by atoms with E-state index in [2.05, 4.69) is 6.92 Å². The lowest BCUT2D eigenvalue weighted by molar-refractivity contribution is 0.0208. The molecule has 106 valence electrons. The van der Waals surface area contributed by atoms with Crippen LogP contribution in [0, 0.1) is 11.8 Å². The summed E-state index contributed by atoms with van der Waals surface area (Å²) in [5.41, 5.74) is 0. The van der Waals surface area contributed by atoms with Crippen LogP contribution in [0.2, 0.25) is 0 Å². The summed E-state index contributed by atoms with van der Waals surface area (Å²) >= 11 is 3.98. The number of hydrogen-bond donors (Lipinski definition) is 0. The van der Waals surface area contributed by atoms with Crippen molar-refractivity contribution in [2.24, 2.45) is 11.8 Å². The van der Waals surface area contributed by atoms with E-state index in [0.717, 1.165) is 24.9 Å². The summed E-state index contributed by atoms with van der Waals surface area (Å²) in [5, 5.41) is 0. The van der Waals surface area contributed by atoms with Gasteiger partial charge in [-0.25, -0.2) is 0 Å². The summed E-state index contributed by atoms with van der Waals surface area (Å²) in [4.78, 5) is 0. The van der Waals surface area contributed by atoms with Crippen LogP contribution in [0.3, 0.4) is 0 Å². The Kier molecular flexibility index (Phi) is 6.67. The molecule has 1 nitrogen and oxygen atoms in total. The van der Waals surface area contributed by atoms with Gasteiger partial charge in [0, 0.05) is 6.61 Å². The van der Waals surface area contributed by atoms with Gasteiger partial charge in [-0.05, 0) is 62.4 Å². The molecule has 2 aliphatic rings. The fourth-order valence-electron chi connectivity index (χ4n) is 3.05. The first-order valence-electron chi connectivity index (χ1n) is 7.24. The summed E-state index contributed by atoms with van der Waals surface area (Å²) in [5.74, 6) is 4.26. The van der Waals surface area contributed by atoms with E-state index in [1.165, 1.54) is 37.2 Å². The van der Waals surface area contributed by atoms with Crippen LogP contribution in [0.5, 0.6) is 0 Å². The first-order valence-corrected chi connectivity index (χ1v) is 9.34. The molecule has 1 heterocycles. The van der Waals surface area contributed by atoms with Gasteiger partial charge in [-0.1, -0.05) is 0 Å². The summed E-state index contributed by atoms with van der Waals surface area (Å²) in [6.07, 6.45) is 6.43. The fraction of sp³-hybridized carbons (Fsp3) is 1.00. The molecule has 1 saturated heterocycles. The molecule has 2 fully saturated rings. The minimum absolute atomic E-state index is 0.158. The second-order valence-corrected chi connectivity index (χ2v) is 8.10. The molecule has 0 radical (unpaired) electrons. The predicted molar refractivity (Wildman–Crippen MR) is 80.2 cm³/mol. The second kappa shape index (κ2) is 8.01. The quantitative estimate of drug-likeness (QED) is 0.745. The smallest absolute Gasteiger partial charge is 0.0913 e. The molecule has 2 rings (SSSR count). The standard InChI is InChI=1S/C14H25FOS2/c1-2-16-13-5-3-11(4-6-13)12-9-17-14(7-8-15)18-10-12/h11-14H,2-10H2,1H3. The van der Waals surface area contributed by atoms with Gasteiger partial charge < -0.3 is 4.74 Å².